The van der Waals surface area contributed by atoms with Gasteiger partial charge in [0.05, 0.1) is 5.92 Å². The third-order valence-electron chi connectivity index (χ3n) is 5.86. The van der Waals surface area contributed by atoms with Crippen LogP contribution in [0.4, 0.5) is 5.69 Å². The number of anilines is 1. The Hall–Kier alpha value is -2.14. The van der Waals surface area contributed by atoms with E-state index < -0.39 is 5.60 Å². The molecule has 0 heterocycles. The van der Waals surface area contributed by atoms with Crippen LogP contribution in [0.5, 0.6) is 0 Å². The SMILES string of the molecule is Cc1c(CCC(=O)OC(C)(C)C)cccc1NC(=O)[C@@H](c1ccc(Br)cc1)C1CCC1. The fourth-order valence-electron chi connectivity index (χ4n) is 4.01. The summed E-state index contributed by atoms with van der Waals surface area (Å²) in [5, 5.41) is 3.17. The van der Waals surface area contributed by atoms with Gasteiger partial charge in [-0.2, -0.15) is 0 Å². The van der Waals surface area contributed by atoms with Gasteiger partial charge < -0.3 is 10.1 Å². The number of benzene rings is 2. The topological polar surface area (TPSA) is 55.4 Å². The molecule has 1 aliphatic rings. The fraction of sp³-hybridized carbons (Fsp3) is 0.462. The van der Waals surface area contributed by atoms with Crippen molar-refractivity contribution in [3.63, 3.8) is 0 Å². The highest BCUT2D eigenvalue weighted by atomic mass is 79.9. The maximum absolute atomic E-state index is 13.3. The van der Waals surface area contributed by atoms with Crippen LogP contribution in [0, 0.1) is 12.8 Å². The van der Waals surface area contributed by atoms with Crippen molar-refractivity contribution < 1.29 is 14.3 Å². The van der Waals surface area contributed by atoms with Crippen molar-refractivity contribution in [1.29, 1.82) is 0 Å². The first kappa shape index (κ1) is 23.5. The molecule has 2 aromatic rings. The van der Waals surface area contributed by atoms with Gasteiger partial charge in [-0.1, -0.05) is 46.6 Å². The summed E-state index contributed by atoms with van der Waals surface area (Å²) in [7, 11) is 0. The van der Waals surface area contributed by atoms with Crippen LogP contribution in [0.25, 0.3) is 0 Å². The quantitative estimate of drug-likeness (QED) is 0.452. The van der Waals surface area contributed by atoms with Crippen LogP contribution in [0.1, 0.15) is 69.1 Å². The Morgan fingerprint density at radius 2 is 1.81 bits per heavy atom. The predicted octanol–water partition coefficient (Wildman–Crippen LogP) is 6.55. The Labute approximate surface area is 193 Å². The van der Waals surface area contributed by atoms with E-state index in [1.54, 1.807) is 0 Å². The highest BCUT2D eigenvalue weighted by molar-refractivity contribution is 9.10. The molecule has 5 heteroatoms. The first-order valence-electron chi connectivity index (χ1n) is 11.0. The van der Waals surface area contributed by atoms with Gasteiger partial charge in [-0.3, -0.25) is 9.59 Å². The number of aryl methyl sites for hydroxylation is 1. The summed E-state index contributed by atoms with van der Waals surface area (Å²) in [5.74, 6) is 0.0736. The van der Waals surface area contributed by atoms with E-state index in [1.165, 1.54) is 6.42 Å². The molecule has 2 aromatic carbocycles. The van der Waals surface area contributed by atoms with E-state index in [0.29, 0.717) is 18.8 Å². The van der Waals surface area contributed by atoms with E-state index in [0.717, 1.165) is 39.7 Å². The summed E-state index contributed by atoms with van der Waals surface area (Å²) in [4.78, 5) is 25.4. The normalized spacial score (nSPS) is 15.1. The molecule has 1 fully saturated rings. The van der Waals surface area contributed by atoms with Gasteiger partial charge in [0, 0.05) is 16.6 Å². The number of carbonyl (C=O) groups is 2. The molecule has 166 valence electrons. The lowest BCUT2D eigenvalue weighted by Crippen LogP contribution is -2.31. The van der Waals surface area contributed by atoms with Crippen LogP contribution < -0.4 is 5.32 Å². The second-order valence-electron chi connectivity index (χ2n) is 9.39. The molecule has 31 heavy (non-hydrogen) atoms. The van der Waals surface area contributed by atoms with Crippen molar-refractivity contribution in [3.8, 4) is 0 Å². The maximum Gasteiger partial charge on any atom is 0.306 e. The third-order valence-corrected chi connectivity index (χ3v) is 6.38. The minimum atomic E-state index is -0.481. The minimum Gasteiger partial charge on any atom is -0.460 e. The summed E-state index contributed by atoms with van der Waals surface area (Å²) >= 11 is 3.48. The number of esters is 1. The van der Waals surface area contributed by atoms with Crippen molar-refractivity contribution in [3.05, 3.63) is 63.6 Å². The van der Waals surface area contributed by atoms with Crippen LogP contribution >= 0.6 is 15.9 Å². The molecule has 0 saturated heterocycles. The third kappa shape index (κ3) is 6.42. The number of halogens is 1. The van der Waals surface area contributed by atoms with Gasteiger partial charge >= 0.3 is 5.97 Å². The second-order valence-corrected chi connectivity index (χ2v) is 10.3. The van der Waals surface area contributed by atoms with Crippen LogP contribution in [-0.2, 0) is 20.7 Å². The first-order chi connectivity index (χ1) is 14.6. The zero-order valence-corrected chi connectivity index (χ0v) is 20.4. The number of nitrogens with one attached hydrogen (secondary N) is 1. The summed E-state index contributed by atoms with van der Waals surface area (Å²) in [5.41, 5.74) is 3.44. The van der Waals surface area contributed by atoms with E-state index in [4.69, 9.17) is 4.74 Å². The summed E-state index contributed by atoms with van der Waals surface area (Å²) in [6.45, 7) is 7.61. The lowest BCUT2D eigenvalue weighted by atomic mass is 9.72. The Balaban J connectivity index is 1.72. The lowest BCUT2D eigenvalue weighted by Gasteiger charge is -2.33. The molecule has 1 saturated carbocycles. The van der Waals surface area contributed by atoms with Gasteiger partial charge in [-0.25, -0.2) is 0 Å². The van der Waals surface area contributed by atoms with Crippen molar-refractivity contribution in [2.75, 3.05) is 5.32 Å². The van der Waals surface area contributed by atoms with Crippen molar-refractivity contribution in [2.45, 2.75) is 71.3 Å². The van der Waals surface area contributed by atoms with Crippen LogP contribution in [0.3, 0.4) is 0 Å². The molecule has 1 N–H and O–H groups in total. The predicted molar refractivity (Wildman–Crippen MR) is 128 cm³/mol. The number of ether oxygens (including phenoxy) is 1. The van der Waals surface area contributed by atoms with Gasteiger partial charge in [0.2, 0.25) is 5.91 Å². The monoisotopic (exact) mass is 485 g/mol. The molecule has 1 aliphatic carbocycles. The van der Waals surface area contributed by atoms with E-state index in [9.17, 15) is 9.59 Å². The highest BCUT2D eigenvalue weighted by Gasteiger charge is 2.34. The number of hydrogen-bond donors (Lipinski definition) is 1. The highest BCUT2D eigenvalue weighted by Crippen LogP contribution is 2.40. The fourth-order valence-corrected chi connectivity index (χ4v) is 4.27. The van der Waals surface area contributed by atoms with Crippen LogP contribution in [-0.4, -0.2) is 17.5 Å². The zero-order chi connectivity index (χ0) is 22.6. The van der Waals surface area contributed by atoms with Gasteiger partial charge in [0.1, 0.15) is 5.60 Å². The molecule has 0 spiro atoms. The summed E-state index contributed by atoms with van der Waals surface area (Å²) in [6.07, 6.45) is 4.26. The van der Waals surface area contributed by atoms with Crippen LogP contribution in [0.2, 0.25) is 0 Å². The maximum atomic E-state index is 13.3. The summed E-state index contributed by atoms with van der Waals surface area (Å²) in [6, 6.07) is 13.9. The molecular formula is C26H32BrNO3. The molecule has 0 bridgehead atoms. The van der Waals surface area contributed by atoms with Crippen LogP contribution in [0.15, 0.2) is 46.9 Å². The van der Waals surface area contributed by atoms with Crippen molar-refractivity contribution in [2.24, 2.45) is 5.92 Å². The van der Waals surface area contributed by atoms with E-state index >= 15 is 0 Å². The van der Waals surface area contributed by atoms with Gasteiger partial charge in [-0.15, -0.1) is 0 Å². The Bertz CT molecular complexity index is 927. The lowest BCUT2D eigenvalue weighted by molar-refractivity contribution is -0.154. The molecule has 0 radical (unpaired) electrons. The smallest absolute Gasteiger partial charge is 0.306 e. The van der Waals surface area contributed by atoms with E-state index in [2.05, 4.69) is 21.2 Å². The minimum absolute atomic E-state index is 0.0411. The zero-order valence-electron chi connectivity index (χ0n) is 18.8. The molecule has 4 nitrogen and oxygen atoms in total. The van der Waals surface area contributed by atoms with E-state index in [1.807, 2.05) is 70.2 Å². The molecule has 0 aromatic heterocycles. The van der Waals surface area contributed by atoms with Gasteiger partial charge in [0.15, 0.2) is 0 Å². The Morgan fingerprint density at radius 1 is 1.13 bits per heavy atom. The molecule has 1 amide bonds. The summed E-state index contributed by atoms with van der Waals surface area (Å²) < 4.78 is 6.43. The molecular weight excluding hydrogens is 454 g/mol. The van der Waals surface area contributed by atoms with Gasteiger partial charge in [-0.05, 0) is 87.8 Å². The molecule has 3 rings (SSSR count). The number of amides is 1. The first-order valence-corrected chi connectivity index (χ1v) is 11.8. The standard InChI is InChI=1S/C26H32BrNO3/c1-17-18(13-16-23(29)31-26(2,3)4)7-6-10-22(17)28-25(30)24(19-8-5-9-19)20-11-14-21(27)15-12-20/h6-7,10-12,14-15,19,24H,5,8-9,13,16H2,1-4H3,(H,28,30)/t24-/m1/s1. The Kier molecular flexibility index (Phi) is 7.58. The Morgan fingerprint density at radius 3 is 2.39 bits per heavy atom. The molecule has 0 unspecified atom stereocenters. The number of hydrogen-bond acceptors (Lipinski definition) is 3. The average molecular weight is 486 g/mol. The molecule has 1 atom stereocenters. The number of rotatable bonds is 7. The largest absolute Gasteiger partial charge is 0.460 e. The van der Waals surface area contributed by atoms with Gasteiger partial charge in [0.25, 0.3) is 0 Å². The molecule has 0 aliphatic heterocycles. The second kappa shape index (κ2) is 9.99. The number of carbonyl (C=O) groups excluding carboxylic acids is 2. The van der Waals surface area contributed by atoms with Crippen molar-refractivity contribution in [1.82, 2.24) is 0 Å². The average Bonchev–Trinajstić information content (AvgIpc) is 2.64. The van der Waals surface area contributed by atoms with Crippen molar-refractivity contribution >= 4 is 33.5 Å². The van der Waals surface area contributed by atoms with E-state index in [-0.39, 0.29) is 17.8 Å².